The molecular formula is C19H28O4. The van der Waals surface area contributed by atoms with Gasteiger partial charge in [0.25, 0.3) is 5.79 Å². The predicted molar refractivity (Wildman–Crippen MR) is 87.3 cm³/mol. The highest BCUT2D eigenvalue weighted by Crippen LogP contribution is 2.57. The largest absolute Gasteiger partial charge is 0.422 e. The number of aliphatic hydroxyl groups is 2. The quantitative estimate of drug-likeness (QED) is 0.576. The van der Waals surface area contributed by atoms with E-state index in [1.807, 2.05) is 26.8 Å². The average molecular weight is 320 g/mol. The lowest BCUT2D eigenvalue weighted by Crippen LogP contribution is -2.57. The van der Waals surface area contributed by atoms with Crippen LogP contribution in [0.25, 0.3) is 0 Å². The van der Waals surface area contributed by atoms with Gasteiger partial charge < -0.3 is 14.9 Å². The molecule has 3 aliphatic rings. The van der Waals surface area contributed by atoms with Crippen molar-refractivity contribution in [2.75, 3.05) is 0 Å². The fourth-order valence-electron chi connectivity index (χ4n) is 4.80. The van der Waals surface area contributed by atoms with Crippen LogP contribution < -0.4 is 0 Å². The second kappa shape index (κ2) is 5.18. The van der Waals surface area contributed by atoms with Gasteiger partial charge in [0.05, 0.1) is 0 Å². The van der Waals surface area contributed by atoms with Crippen molar-refractivity contribution >= 4 is 5.97 Å². The normalized spacial score (nSPS) is 46.1. The molecule has 1 saturated carbocycles. The lowest BCUT2D eigenvalue weighted by Gasteiger charge is -2.42. The molecule has 2 N–H and O–H groups in total. The maximum Gasteiger partial charge on any atom is 0.337 e. The van der Waals surface area contributed by atoms with E-state index < -0.39 is 17.4 Å². The summed E-state index contributed by atoms with van der Waals surface area (Å²) < 4.78 is 5.46. The van der Waals surface area contributed by atoms with Crippen molar-refractivity contribution in [3.05, 3.63) is 22.8 Å². The standard InChI is InChI=1S/C19H28O4/c1-10(2)8-13-9-12(4)14-7-6-11(3)15-16(14)19(22,18(13,5)21)23-17(15)20/h8,11-14,21-22H,6-7,9H2,1-5H3/t11-,12-,13+,14+,18+,19-/m0/s1. The predicted octanol–water partition coefficient (Wildman–Crippen LogP) is 2.95. The highest BCUT2D eigenvalue weighted by atomic mass is 16.7. The van der Waals surface area contributed by atoms with Gasteiger partial charge in [0.2, 0.25) is 0 Å². The first-order valence-corrected chi connectivity index (χ1v) is 8.67. The molecule has 0 bridgehead atoms. The minimum Gasteiger partial charge on any atom is -0.422 e. The molecule has 128 valence electrons. The summed E-state index contributed by atoms with van der Waals surface area (Å²) in [5, 5.41) is 22.6. The maximum absolute atomic E-state index is 12.4. The van der Waals surface area contributed by atoms with Gasteiger partial charge in [0, 0.05) is 17.1 Å². The van der Waals surface area contributed by atoms with Crippen LogP contribution in [0.5, 0.6) is 0 Å². The van der Waals surface area contributed by atoms with Crippen molar-refractivity contribution in [2.24, 2.45) is 23.7 Å². The molecule has 0 saturated heterocycles. The van der Waals surface area contributed by atoms with Gasteiger partial charge in [-0.1, -0.05) is 25.5 Å². The molecular weight excluding hydrogens is 292 g/mol. The van der Waals surface area contributed by atoms with E-state index in [1.165, 1.54) is 0 Å². The highest BCUT2D eigenvalue weighted by molar-refractivity contribution is 5.94. The molecule has 0 aromatic carbocycles. The van der Waals surface area contributed by atoms with Crippen LogP contribution in [0.1, 0.15) is 53.9 Å². The molecule has 1 aliphatic heterocycles. The monoisotopic (exact) mass is 320 g/mol. The summed E-state index contributed by atoms with van der Waals surface area (Å²) in [6.07, 6.45) is 4.63. The molecule has 0 radical (unpaired) electrons. The third-order valence-corrected chi connectivity index (χ3v) is 6.15. The summed E-state index contributed by atoms with van der Waals surface area (Å²) in [5.74, 6) is -2.16. The SMILES string of the molecule is CC(C)=C[C@@H]1C[C@H](C)[C@H]2CC[C@H](C)C3=C2[C@](O)(OC3=O)[C@]1(C)O. The maximum atomic E-state index is 12.4. The van der Waals surface area contributed by atoms with E-state index in [1.54, 1.807) is 6.92 Å². The third kappa shape index (κ3) is 2.22. The molecule has 4 heteroatoms. The smallest absolute Gasteiger partial charge is 0.337 e. The molecule has 1 fully saturated rings. The van der Waals surface area contributed by atoms with Crippen molar-refractivity contribution in [3.63, 3.8) is 0 Å². The number of ether oxygens (including phenoxy) is 1. The molecule has 1 heterocycles. The van der Waals surface area contributed by atoms with E-state index in [4.69, 9.17) is 4.74 Å². The second-order valence-corrected chi connectivity index (χ2v) is 8.16. The fourth-order valence-corrected chi connectivity index (χ4v) is 4.80. The first-order valence-electron chi connectivity index (χ1n) is 8.67. The molecule has 4 nitrogen and oxygen atoms in total. The molecule has 23 heavy (non-hydrogen) atoms. The topological polar surface area (TPSA) is 66.8 Å². The Balaban J connectivity index is 2.22. The van der Waals surface area contributed by atoms with E-state index in [2.05, 4.69) is 6.92 Å². The molecule has 2 aliphatic carbocycles. The number of rotatable bonds is 1. The summed E-state index contributed by atoms with van der Waals surface area (Å²) >= 11 is 0. The zero-order chi connectivity index (χ0) is 17.2. The Bertz CT molecular complexity index is 596. The molecule has 3 rings (SSSR count). The van der Waals surface area contributed by atoms with Crippen molar-refractivity contribution < 1.29 is 19.7 Å². The number of esters is 1. The van der Waals surface area contributed by atoms with E-state index in [-0.39, 0.29) is 23.7 Å². The second-order valence-electron chi connectivity index (χ2n) is 8.16. The number of hydrogen-bond donors (Lipinski definition) is 2. The zero-order valence-electron chi connectivity index (χ0n) is 14.7. The van der Waals surface area contributed by atoms with Crippen molar-refractivity contribution in [1.29, 1.82) is 0 Å². The molecule has 6 atom stereocenters. The summed E-state index contributed by atoms with van der Waals surface area (Å²) in [6.45, 7) is 9.73. The van der Waals surface area contributed by atoms with Gasteiger partial charge in [0.1, 0.15) is 5.60 Å². The lowest BCUT2D eigenvalue weighted by molar-refractivity contribution is -0.261. The van der Waals surface area contributed by atoms with Crippen LogP contribution in [-0.4, -0.2) is 27.6 Å². The van der Waals surface area contributed by atoms with Gasteiger partial charge >= 0.3 is 5.97 Å². The van der Waals surface area contributed by atoms with E-state index in [0.29, 0.717) is 11.1 Å². The molecule has 0 spiro atoms. The van der Waals surface area contributed by atoms with E-state index in [0.717, 1.165) is 24.8 Å². The number of allylic oxidation sites excluding steroid dienone is 1. The van der Waals surface area contributed by atoms with Gasteiger partial charge in [-0.2, -0.15) is 0 Å². The fraction of sp³-hybridized carbons (Fsp3) is 0.737. The van der Waals surface area contributed by atoms with Crippen LogP contribution in [0.2, 0.25) is 0 Å². The minimum atomic E-state index is -1.90. The third-order valence-electron chi connectivity index (χ3n) is 6.15. The van der Waals surface area contributed by atoms with Crippen molar-refractivity contribution in [2.45, 2.75) is 65.3 Å². The first-order chi connectivity index (χ1) is 10.6. The Morgan fingerprint density at radius 3 is 2.52 bits per heavy atom. The van der Waals surface area contributed by atoms with Crippen LogP contribution in [0.15, 0.2) is 22.8 Å². The van der Waals surface area contributed by atoms with Crippen molar-refractivity contribution in [1.82, 2.24) is 0 Å². The number of carbonyl (C=O) groups excluding carboxylic acids is 1. The van der Waals surface area contributed by atoms with E-state index >= 15 is 0 Å². The van der Waals surface area contributed by atoms with Gasteiger partial charge in [-0.25, -0.2) is 4.79 Å². The Kier molecular flexibility index (Phi) is 3.77. The van der Waals surface area contributed by atoms with Crippen LogP contribution in [0.4, 0.5) is 0 Å². The zero-order valence-corrected chi connectivity index (χ0v) is 14.7. The van der Waals surface area contributed by atoms with Gasteiger partial charge in [0.15, 0.2) is 0 Å². The van der Waals surface area contributed by atoms with Gasteiger partial charge in [-0.05, 0) is 57.8 Å². The van der Waals surface area contributed by atoms with Crippen LogP contribution in [0, 0.1) is 23.7 Å². The highest BCUT2D eigenvalue weighted by Gasteiger charge is 2.65. The summed E-state index contributed by atoms with van der Waals surface area (Å²) in [5.41, 5.74) is 0.817. The minimum absolute atomic E-state index is 0.0748. The van der Waals surface area contributed by atoms with E-state index in [9.17, 15) is 15.0 Å². The lowest BCUT2D eigenvalue weighted by atomic mass is 9.70. The summed E-state index contributed by atoms with van der Waals surface area (Å²) in [6, 6.07) is 0. The Morgan fingerprint density at radius 1 is 1.26 bits per heavy atom. The molecule has 0 aromatic rings. The Hall–Kier alpha value is -1.13. The van der Waals surface area contributed by atoms with Crippen LogP contribution >= 0.6 is 0 Å². The van der Waals surface area contributed by atoms with Gasteiger partial charge in [-0.15, -0.1) is 0 Å². The Labute approximate surface area is 138 Å². The summed E-state index contributed by atoms with van der Waals surface area (Å²) in [7, 11) is 0. The number of carbonyl (C=O) groups is 1. The van der Waals surface area contributed by atoms with Gasteiger partial charge in [-0.3, -0.25) is 0 Å². The average Bonchev–Trinajstić information content (AvgIpc) is 2.69. The molecule has 0 aromatic heterocycles. The first kappa shape index (κ1) is 16.7. The van der Waals surface area contributed by atoms with Crippen LogP contribution in [0.3, 0.4) is 0 Å². The van der Waals surface area contributed by atoms with Crippen LogP contribution in [-0.2, 0) is 9.53 Å². The number of hydrogen-bond acceptors (Lipinski definition) is 4. The molecule has 0 amide bonds. The van der Waals surface area contributed by atoms with Crippen molar-refractivity contribution in [3.8, 4) is 0 Å². The Morgan fingerprint density at radius 2 is 1.91 bits per heavy atom. The summed E-state index contributed by atoms with van der Waals surface area (Å²) in [4.78, 5) is 12.4. The molecule has 0 unspecified atom stereocenters.